The molecule has 0 aromatic heterocycles. The highest BCUT2D eigenvalue weighted by molar-refractivity contribution is 8.02. The number of carbonyl (C=O) groups excluding carboxylic acids is 3. The first kappa shape index (κ1) is 27.8. The summed E-state index contributed by atoms with van der Waals surface area (Å²) in [5, 5.41) is 9.10. The summed E-state index contributed by atoms with van der Waals surface area (Å²) in [5.74, 6) is -1.04. The molecule has 0 aromatic rings. The van der Waals surface area contributed by atoms with Crippen molar-refractivity contribution in [2.75, 3.05) is 33.3 Å². The van der Waals surface area contributed by atoms with Crippen molar-refractivity contribution >= 4 is 29.5 Å². The minimum absolute atomic E-state index is 0.0206. The van der Waals surface area contributed by atoms with E-state index in [0.717, 1.165) is 38.5 Å². The van der Waals surface area contributed by atoms with Gasteiger partial charge in [0.05, 0.1) is 16.6 Å². The minimum atomic E-state index is -0.586. The molecule has 2 unspecified atom stereocenters. The van der Waals surface area contributed by atoms with Crippen LogP contribution in [-0.2, 0) is 14.4 Å². The molecule has 0 radical (unpaired) electrons. The standard InChI is InChI=1S/C27H43N3O4S/c1-7-15-28(6)23(32)20-21-24(33)30(17-11-9-10-12-18-31)22(25(34)29(16-8-2)19(3)4)27(21)14-13-26(20,5)35-27/h7-8,19-22,31H,1-2,9-18H2,3-6H3/t20-,21+,22?,26+,27?/m1/s1. The number of aliphatic hydroxyl groups excluding tert-OH is 1. The van der Waals surface area contributed by atoms with Crippen LogP contribution in [0, 0.1) is 11.8 Å². The maximum absolute atomic E-state index is 14.1. The molecule has 0 saturated carbocycles. The molecule has 0 aliphatic carbocycles. The molecule has 7 nitrogen and oxygen atoms in total. The van der Waals surface area contributed by atoms with E-state index in [9.17, 15) is 14.4 Å². The number of amides is 3. The second-order valence-corrected chi connectivity index (χ2v) is 12.7. The van der Waals surface area contributed by atoms with Crippen LogP contribution < -0.4 is 0 Å². The zero-order valence-electron chi connectivity index (χ0n) is 21.9. The predicted octanol–water partition coefficient (Wildman–Crippen LogP) is 3.09. The topological polar surface area (TPSA) is 81.2 Å². The Morgan fingerprint density at radius 1 is 1.14 bits per heavy atom. The van der Waals surface area contributed by atoms with Crippen LogP contribution in [0.15, 0.2) is 25.3 Å². The second kappa shape index (κ2) is 11.1. The van der Waals surface area contributed by atoms with Crippen molar-refractivity contribution in [1.29, 1.82) is 0 Å². The number of fused-ring (bicyclic) bond motifs is 1. The summed E-state index contributed by atoms with van der Waals surface area (Å²) in [5.41, 5.74) is 0. The fourth-order valence-corrected chi connectivity index (χ4v) is 8.79. The van der Waals surface area contributed by atoms with Gasteiger partial charge >= 0.3 is 0 Å². The molecule has 0 aromatic carbocycles. The highest BCUT2D eigenvalue weighted by Gasteiger charge is 2.77. The van der Waals surface area contributed by atoms with Crippen LogP contribution in [0.4, 0.5) is 0 Å². The molecule has 35 heavy (non-hydrogen) atoms. The van der Waals surface area contributed by atoms with Crippen molar-refractivity contribution in [3.63, 3.8) is 0 Å². The Bertz CT molecular complexity index is 848. The first-order chi connectivity index (χ1) is 16.6. The van der Waals surface area contributed by atoms with E-state index >= 15 is 0 Å². The van der Waals surface area contributed by atoms with Crippen LogP contribution in [-0.4, -0.2) is 92.4 Å². The molecule has 5 atom stereocenters. The van der Waals surface area contributed by atoms with Gasteiger partial charge < -0.3 is 19.8 Å². The molecule has 3 saturated heterocycles. The SMILES string of the molecule is C=CCN(C)C(=O)[C@H]1[C@H]2C(=O)N(CCCCCCO)C(C(=O)N(CC=C)C(C)C)C23CC[C@]1(C)S3. The largest absolute Gasteiger partial charge is 0.396 e. The van der Waals surface area contributed by atoms with E-state index in [1.54, 1.807) is 40.8 Å². The molecule has 3 amide bonds. The van der Waals surface area contributed by atoms with Crippen molar-refractivity contribution in [1.82, 2.24) is 14.7 Å². The minimum Gasteiger partial charge on any atom is -0.396 e. The molecule has 1 N–H and O–H groups in total. The number of likely N-dealkylation sites (N-methyl/N-ethyl adjacent to an activating group) is 1. The lowest BCUT2D eigenvalue weighted by Crippen LogP contribution is -2.56. The Morgan fingerprint density at radius 3 is 2.40 bits per heavy atom. The van der Waals surface area contributed by atoms with Gasteiger partial charge in [0.2, 0.25) is 17.7 Å². The molecule has 3 fully saturated rings. The molecule has 3 aliphatic rings. The Morgan fingerprint density at radius 2 is 1.80 bits per heavy atom. The van der Waals surface area contributed by atoms with Gasteiger partial charge in [0.1, 0.15) is 6.04 Å². The van der Waals surface area contributed by atoms with Gasteiger partial charge in [-0.3, -0.25) is 14.4 Å². The van der Waals surface area contributed by atoms with Gasteiger partial charge in [-0.15, -0.1) is 24.9 Å². The number of aliphatic hydroxyl groups is 1. The molecule has 3 rings (SSSR count). The Balaban J connectivity index is 2.00. The fourth-order valence-electron chi connectivity index (χ4n) is 6.44. The van der Waals surface area contributed by atoms with E-state index in [1.165, 1.54) is 0 Å². The van der Waals surface area contributed by atoms with Crippen LogP contribution in [0.25, 0.3) is 0 Å². The summed E-state index contributed by atoms with van der Waals surface area (Å²) in [6, 6.07) is -0.595. The van der Waals surface area contributed by atoms with Crippen LogP contribution in [0.2, 0.25) is 0 Å². The number of carbonyl (C=O) groups is 3. The van der Waals surface area contributed by atoms with Gasteiger partial charge in [-0.05, 0) is 46.5 Å². The monoisotopic (exact) mass is 505 g/mol. The third-order valence-corrected chi connectivity index (χ3v) is 10.1. The van der Waals surface area contributed by atoms with Gasteiger partial charge in [0.15, 0.2) is 0 Å². The molecule has 196 valence electrons. The highest BCUT2D eigenvalue weighted by atomic mass is 32.2. The Kier molecular flexibility index (Phi) is 8.79. The second-order valence-electron chi connectivity index (χ2n) is 10.8. The lowest BCUT2D eigenvalue weighted by atomic mass is 9.66. The van der Waals surface area contributed by atoms with Crippen molar-refractivity contribution in [2.24, 2.45) is 11.8 Å². The average molecular weight is 506 g/mol. The lowest BCUT2D eigenvalue weighted by molar-refractivity contribution is -0.145. The number of nitrogens with zero attached hydrogens (tertiary/aromatic N) is 3. The van der Waals surface area contributed by atoms with Crippen LogP contribution in [0.3, 0.4) is 0 Å². The molecule has 3 heterocycles. The molecular weight excluding hydrogens is 462 g/mol. The number of rotatable bonds is 13. The van der Waals surface area contributed by atoms with Crippen LogP contribution in [0.5, 0.6) is 0 Å². The number of thioether (sulfide) groups is 1. The normalized spacial score (nSPS) is 31.1. The van der Waals surface area contributed by atoms with E-state index < -0.39 is 22.6 Å². The van der Waals surface area contributed by atoms with Gasteiger partial charge in [-0.25, -0.2) is 0 Å². The smallest absolute Gasteiger partial charge is 0.247 e. The van der Waals surface area contributed by atoms with Gasteiger partial charge in [-0.1, -0.05) is 25.0 Å². The van der Waals surface area contributed by atoms with E-state index in [0.29, 0.717) is 19.6 Å². The van der Waals surface area contributed by atoms with E-state index in [4.69, 9.17) is 5.11 Å². The zero-order valence-corrected chi connectivity index (χ0v) is 22.7. The van der Waals surface area contributed by atoms with Crippen molar-refractivity contribution in [2.45, 2.75) is 80.9 Å². The maximum Gasteiger partial charge on any atom is 0.247 e. The summed E-state index contributed by atoms with van der Waals surface area (Å²) in [4.78, 5) is 47.1. The van der Waals surface area contributed by atoms with E-state index in [2.05, 4.69) is 20.1 Å². The summed E-state index contributed by atoms with van der Waals surface area (Å²) in [7, 11) is 1.77. The Labute approximate surface area is 215 Å². The van der Waals surface area contributed by atoms with Crippen molar-refractivity contribution < 1.29 is 19.5 Å². The summed E-state index contributed by atoms with van der Waals surface area (Å²) >= 11 is 1.72. The molecule has 1 spiro atoms. The molecular formula is C27H43N3O4S. The molecule has 8 heteroatoms. The third-order valence-electron chi connectivity index (χ3n) is 8.10. The third kappa shape index (κ3) is 4.80. The van der Waals surface area contributed by atoms with E-state index in [-0.39, 0.29) is 35.1 Å². The van der Waals surface area contributed by atoms with Crippen LogP contribution in [0.1, 0.15) is 59.3 Å². The van der Waals surface area contributed by atoms with E-state index in [1.807, 2.05) is 18.7 Å². The summed E-state index contributed by atoms with van der Waals surface area (Å²) in [6.45, 7) is 15.2. The van der Waals surface area contributed by atoms with Gasteiger partial charge in [-0.2, -0.15) is 0 Å². The first-order valence-corrected chi connectivity index (χ1v) is 13.8. The molecule has 3 aliphatic heterocycles. The van der Waals surface area contributed by atoms with Crippen molar-refractivity contribution in [3.05, 3.63) is 25.3 Å². The number of unbranched alkanes of at least 4 members (excludes halogenated alkanes) is 3. The quantitative estimate of drug-likeness (QED) is 0.307. The predicted molar refractivity (Wildman–Crippen MR) is 141 cm³/mol. The highest BCUT2D eigenvalue weighted by Crippen LogP contribution is 2.71. The van der Waals surface area contributed by atoms with Crippen molar-refractivity contribution in [3.8, 4) is 0 Å². The zero-order chi connectivity index (χ0) is 26.0. The first-order valence-electron chi connectivity index (χ1n) is 13.0. The fraction of sp³-hybridized carbons (Fsp3) is 0.741. The lowest BCUT2D eigenvalue weighted by Gasteiger charge is -2.38. The van der Waals surface area contributed by atoms with Gasteiger partial charge in [0.25, 0.3) is 0 Å². The number of hydrogen-bond acceptors (Lipinski definition) is 5. The summed E-state index contributed by atoms with van der Waals surface area (Å²) < 4.78 is -0.947. The summed E-state index contributed by atoms with van der Waals surface area (Å²) in [6.07, 6.45) is 8.31. The van der Waals surface area contributed by atoms with Crippen LogP contribution >= 0.6 is 11.8 Å². The number of hydrogen-bond donors (Lipinski definition) is 1. The van der Waals surface area contributed by atoms with Gasteiger partial charge in [0, 0.05) is 44.1 Å². The average Bonchev–Trinajstić information content (AvgIpc) is 3.37. The maximum atomic E-state index is 14.1. The number of likely N-dealkylation sites (tertiary alicyclic amines) is 1. The molecule has 2 bridgehead atoms. The Hall–Kier alpha value is -1.80.